The zero-order chi connectivity index (χ0) is 12.2. The maximum absolute atomic E-state index is 11.8. The van der Waals surface area contributed by atoms with Crippen molar-refractivity contribution in [3.8, 4) is 0 Å². The summed E-state index contributed by atoms with van der Waals surface area (Å²) >= 11 is 0. The van der Waals surface area contributed by atoms with Gasteiger partial charge in [0.1, 0.15) is 5.82 Å². The molecule has 0 aliphatic rings. The number of imidazole rings is 1. The fraction of sp³-hybridized carbons (Fsp3) is 0.667. The van der Waals surface area contributed by atoms with Crippen molar-refractivity contribution >= 4 is 10.0 Å². The van der Waals surface area contributed by atoms with Crippen LogP contribution < -0.4 is 10.0 Å². The lowest BCUT2D eigenvalue weighted by Crippen LogP contribution is -2.39. The normalized spacial score (nSPS) is 15.9. The molecule has 1 rings (SSSR count). The minimum Gasteiger partial charge on any atom is -0.347 e. The quantitative estimate of drug-likeness (QED) is 0.659. The highest BCUT2D eigenvalue weighted by Crippen LogP contribution is 2.09. The lowest BCUT2D eigenvalue weighted by atomic mass is 10.3. The summed E-state index contributed by atoms with van der Waals surface area (Å²) in [6.45, 7) is 3.83. The lowest BCUT2D eigenvalue weighted by molar-refractivity contribution is 0.545. The molecule has 0 saturated heterocycles. The molecule has 1 aromatic heterocycles. The number of aromatic amines is 1. The molecule has 16 heavy (non-hydrogen) atoms. The van der Waals surface area contributed by atoms with E-state index >= 15 is 0 Å². The van der Waals surface area contributed by atoms with Crippen LogP contribution in [0.5, 0.6) is 0 Å². The summed E-state index contributed by atoms with van der Waals surface area (Å²) < 4.78 is 26.2. The van der Waals surface area contributed by atoms with Crippen molar-refractivity contribution in [1.82, 2.24) is 20.0 Å². The summed E-state index contributed by atoms with van der Waals surface area (Å²) in [6, 6.07) is -0.348. The molecule has 92 valence electrons. The Bertz CT molecular complexity index is 401. The average Bonchev–Trinajstić information content (AvgIpc) is 2.70. The molecule has 1 aromatic rings. The standard InChI is InChI=1S/C9H18N4O2S/c1-7(6-10-3)16(14,15)13-8(2)9-11-4-5-12-9/h4-5,7-8,10,13H,6H2,1-3H3,(H,11,12). The van der Waals surface area contributed by atoms with Crippen LogP contribution in [0.4, 0.5) is 0 Å². The number of sulfonamides is 1. The first-order valence-electron chi connectivity index (χ1n) is 5.12. The average molecular weight is 246 g/mol. The Morgan fingerprint density at radius 3 is 2.69 bits per heavy atom. The Balaban J connectivity index is 2.66. The van der Waals surface area contributed by atoms with Gasteiger partial charge in [-0.05, 0) is 20.9 Å². The highest BCUT2D eigenvalue weighted by atomic mass is 32.2. The Hall–Kier alpha value is -0.920. The molecular weight excluding hydrogens is 228 g/mol. The maximum atomic E-state index is 11.8. The smallest absolute Gasteiger partial charge is 0.216 e. The third-order valence-corrected chi connectivity index (χ3v) is 4.20. The lowest BCUT2D eigenvalue weighted by Gasteiger charge is -2.16. The number of hydrogen-bond donors (Lipinski definition) is 3. The van der Waals surface area contributed by atoms with E-state index in [1.165, 1.54) is 0 Å². The van der Waals surface area contributed by atoms with Crippen LogP contribution in [-0.4, -0.2) is 37.2 Å². The van der Waals surface area contributed by atoms with Gasteiger partial charge in [-0.1, -0.05) is 0 Å². The molecule has 0 saturated carbocycles. The van der Waals surface area contributed by atoms with Gasteiger partial charge in [-0.15, -0.1) is 0 Å². The first kappa shape index (κ1) is 13.1. The summed E-state index contributed by atoms with van der Waals surface area (Å²) in [5.41, 5.74) is 0. The van der Waals surface area contributed by atoms with Crippen molar-refractivity contribution in [2.24, 2.45) is 0 Å². The summed E-state index contributed by atoms with van der Waals surface area (Å²) in [4.78, 5) is 6.88. The first-order chi connectivity index (χ1) is 7.47. The van der Waals surface area contributed by atoms with Crippen molar-refractivity contribution in [3.63, 3.8) is 0 Å². The fourth-order valence-corrected chi connectivity index (χ4v) is 2.55. The van der Waals surface area contributed by atoms with Crippen LogP contribution in [0.25, 0.3) is 0 Å². The first-order valence-corrected chi connectivity index (χ1v) is 6.67. The van der Waals surface area contributed by atoms with Gasteiger partial charge >= 0.3 is 0 Å². The number of nitrogens with one attached hydrogen (secondary N) is 3. The van der Waals surface area contributed by atoms with E-state index in [-0.39, 0.29) is 6.04 Å². The Morgan fingerprint density at radius 2 is 2.19 bits per heavy atom. The van der Waals surface area contributed by atoms with E-state index in [1.807, 2.05) is 0 Å². The van der Waals surface area contributed by atoms with Crippen LogP contribution >= 0.6 is 0 Å². The second-order valence-electron chi connectivity index (χ2n) is 3.73. The second kappa shape index (κ2) is 5.42. The highest BCUT2D eigenvalue weighted by Gasteiger charge is 2.23. The Kier molecular flexibility index (Phi) is 4.45. The van der Waals surface area contributed by atoms with Gasteiger partial charge in [0.2, 0.25) is 10.0 Å². The molecule has 0 fully saturated rings. The molecule has 1 heterocycles. The number of H-pyrrole nitrogens is 1. The molecule has 2 atom stereocenters. The van der Waals surface area contributed by atoms with Crippen molar-refractivity contribution in [2.75, 3.05) is 13.6 Å². The second-order valence-corrected chi connectivity index (χ2v) is 5.86. The van der Waals surface area contributed by atoms with Crippen LogP contribution in [0.1, 0.15) is 25.7 Å². The molecule has 0 spiro atoms. The van der Waals surface area contributed by atoms with E-state index in [0.717, 1.165) is 0 Å². The van der Waals surface area contributed by atoms with Gasteiger partial charge in [0.05, 0.1) is 11.3 Å². The zero-order valence-corrected chi connectivity index (χ0v) is 10.5. The van der Waals surface area contributed by atoms with Gasteiger partial charge in [-0.2, -0.15) is 0 Å². The Morgan fingerprint density at radius 1 is 1.50 bits per heavy atom. The van der Waals surface area contributed by atoms with Gasteiger partial charge in [0, 0.05) is 18.9 Å². The van der Waals surface area contributed by atoms with Crippen LogP contribution in [-0.2, 0) is 10.0 Å². The molecule has 7 heteroatoms. The SMILES string of the molecule is CNCC(C)S(=O)(=O)NC(C)c1ncc[nH]1. The van der Waals surface area contributed by atoms with E-state index < -0.39 is 15.3 Å². The molecule has 2 unspecified atom stereocenters. The van der Waals surface area contributed by atoms with Crippen LogP contribution in [0, 0.1) is 0 Å². The third-order valence-electron chi connectivity index (χ3n) is 2.29. The van der Waals surface area contributed by atoms with E-state index in [1.54, 1.807) is 33.3 Å². The van der Waals surface area contributed by atoms with Gasteiger partial charge in [0.25, 0.3) is 0 Å². The van der Waals surface area contributed by atoms with Crippen LogP contribution in [0.15, 0.2) is 12.4 Å². The summed E-state index contributed by atoms with van der Waals surface area (Å²) in [6.07, 6.45) is 3.26. The van der Waals surface area contributed by atoms with E-state index in [9.17, 15) is 8.42 Å². The molecule has 3 N–H and O–H groups in total. The molecular formula is C9H18N4O2S. The predicted octanol–water partition coefficient (Wildman–Crippen LogP) is -0.00200. The topological polar surface area (TPSA) is 86.9 Å². The predicted molar refractivity (Wildman–Crippen MR) is 62.4 cm³/mol. The van der Waals surface area contributed by atoms with Crippen molar-refractivity contribution in [2.45, 2.75) is 25.1 Å². The minimum atomic E-state index is -3.32. The van der Waals surface area contributed by atoms with Crippen molar-refractivity contribution in [3.05, 3.63) is 18.2 Å². The number of aromatic nitrogens is 2. The van der Waals surface area contributed by atoms with Crippen LogP contribution in [0.3, 0.4) is 0 Å². The van der Waals surface area contributed by atoms with Crippen molar-refractivity contribution in [1.29, 1.82) is 0 Å². The molecule has 0 aromatic carbocycles. The third kappa shape index (κ3) is 3.29. The van der Waals surface area contributed by atoms with Gasteiger partial charge in [-0.3, -0.25) is 0 Å². The molecule has 0 aliphatic carbocycles. The number of nitrogens with zero attached hydrogens (tertiary/aromatic N) is 1. The van der Waals surface area contributed by atoms with E-state index in [4.69, 9.17) is 0 Å². The largest absolute Gasteiger partial charge is 0.347 e. The number of hydrogen-bond acceptors (Lipinski definition) is 4. The van der Waals surface area contributed by atoms with E-state index in [2.05, 4.69) is 20.0 Å². The zero-order valence-electron chi connectivity index (χ0n) is 9.69. The molecule has 6 nitrogen and oxygen atoms in total. The van der Waals surface area contributed by atoms with Crippen LogP contribution in [0.2, 0.25) is 0 Å². The molecule has 0 aliphatic heterocycles. The molecule has 0 amide bonds. The Labute approximate surface area is 95.9 Å². The van der Waals surface area contributed by atoms with Gasteiger partial charge in [-0.25, -0.2) is 18.1 Å². The summed E-state index contributed by atoms with van der Waals surface area (Å²) in [7, 11) is -1.60. The van der Waals surface area contributed by atoms with E-state index in [0.29, 0.717) is 12.4 Å². The molecule has 0 radical (unpaired) electrons. The summed E-state index contributed by atoms with van der Waals surface area (Å²) in [5, 5.41) is 2.36. The number of rotatable bonds is 6. The fourth-order valence-electron chi connectivity index (χ4n) is 1.33. The van der Waals surface area contributed by atoms with Gasteiger partial charge < -0.3 is 10.3 Å². The highest BCUT2D eigenvalue weighted by molar-refractivity contribution is 7.90. The molecule has 0 bridgehead atoms. The maximum Gasteiger partial charge on any atom is 0.216 e. The van der Waals surface area contributed by atoms with Crippen molar-refractivity contribution < 1.29 is 8.42 Å². The summed E-state index contributed by atoms with van der Waals surface area (Å²) in [5.74, 6) is 0.611. The minimum absolute atomic E-state index is 0.348. The van der Waals surface area contributed by atoms with Gasteiger partial charge in [0.15, 0.2) is 0 Å². The monoisotopic (exact) mass is 246 g/mol.